The van der Waals surface area contributed by atoms with E-state index in [1.165, 1.54) is 0 Å². The molecule has 3 heterocycles. The smallest absolute Gasteiger partial charge is 0.106 e. The Hall–Kier alpha value is -2.61. The lowest BCUT2D eigenvalue weighted by atomic mass is 10.1. The molecule has 0 unspecified atom stereocenters. The zero-order chi connectivity index (χ0) is 11.8. The fourth-order valence-corrected chi connectivity index (χ4v) is 1.82. The summed E-state index contributed by atoms with van der Waals surface area (Å²) in [4.78, 5) is 7.35. The Labute approximate surface area is 97.3 Å². The van der Waals surface area contributed by atoms with Gasteiger partial charge in [-0.05, 0) is 6.07 Å². The minimum absolute atomic E-state index is 0.567. The van der Waals surface area contributed by atoms with Crippen LogP contribution in [0.25, 0.3) is 22.2 Å². The van der Waals surface area contributed by atoms with Crippen molar-refractivity contribution in [3.63, 3.8) is 0 Å². The van der Waals surface area contributed by atoms with Gasteiger partial charge in [-0.15, -0.1) is 0 Å². The lowest BCUT2D eigenvalue weighted by molar-refractivity contribution is 0.768. The minimum atomic E-state index is 0.567. The van der Waals surface area contributed by atoms with Crippen LogP contribution < -0.4 is 0 Å². The molecule has 0 radical (unpaired) electrons. The molecule has 0 spiro atoms. The maximum Gasteiger partial charge on any atom is 0.106 e. The second kappa shape index (κ2) is 3.46. The Morgan fingerprint density at radius 2 is 2.24 bits per heavy atom. The molecule has 0 fully saturated rings. The van der Waals surface area contributed by atoms with Crippen LogP contribution in [0.1, 0.15) is 5.56 Å². The summed E-state index contributed by atoms with van der Waals surface area (Å²) in [6, 6.07) is 4.08. The summed E-state index contributed by atoms with van der Waals surface area (Å²) >= 11 is 0. The molecule has 17 heavy (non-hydrogen) atoms. The number of aromatic amines is 1. The lowest BCUT2D eigenvalue weighted by Crippen LogP contribution is -1.84. The van der Waals surface area contributed by atoms with Gasteiger partial charge in [-0.2, -0.15) is 10.4 Å². The third kappa shape index (κ3) is 1.47. The van der Waals surface area contributed by atoms with Crippen LogP contribution in [0, 0.1) is 11.3 Å². The van der Waals surface area contributed by atoms with Gasteiger partial charge in [0.25, 0.3) is 0 Å². The highest BCUT2D eigenvalue weighted by atomic mass is 15.2. The molecule has 1 N–H and O–H groups in total. The molecule has 3 aromatic heterocycles. The van der Waals surface area contributed by atoms with Crippen LogP contribution in [0.5, 0.6) is 0 Å². The highest BCUT2D eigenvalue weighted by Crippen LogP contribution is 2.22. The van der Waals surface area contributed by atoms with Gasteiger partial charge in [0.15, 0.2) is 0 Å². The van der Waals surface area contributed by atoms with E-state index in [-0.39, 0.29) is 0 Å². The molecule has 0 atom stereocenters. The van der Waals surface area contributed by atoms with E-state index in [2.05, 4.69) is 21.1 Å². The first-order chi connectivity index (χ1) is 8.28. The second-order valence-corrected chi connectivity index (χ2v) is 3.84. The molecule has 3 aromatic rings. The molecule has 0 saturated carbocycles. The van der Waals surface area contributed by atoms with Crippen LogP contribution >= 0.6 is 0 Å². The Balaban J connectivity index is 2.18. The Bertz CT molecular complexity index is 729. The van der Waals surface area contributed by atoms with E-state index in [4.69, 9.17) is 5.26 Å². The number of H-pyrrole nitrogens is 1. The highest BCUT2D eigenvalue weighted by Gasteiger charge is 2.07. The number of hydrogen-bond acceptors (Lipinski definition) is 3. The normalized spacial score (nSPS) is 10.6. The van der Waals surface area contributed by atoms with Gasteiger partial charge in [-0.25, -0.2) is 0 Å². The number of nitrogens with one attached hydrogen (secondary N) is 1. The number of nitriles is 1. The fourth-order valence-electron chi connectivity index (χ4n) is 1.82. The maximum atomic E-state index is 8.89. The number of aryl methyl sites for hydroxylation is 1. The quantitative estimate of drug-likeness (QED) is 0.684. The molecular weight excluding hydrogens is 214 g/mol. The first-order valence-electron chi connectivity index (χ1n) is 5.14. The van der Waals surface area contributed by atoms with Crippen LogP contribution in [-0.2, 0) is 7.05 Å². The third-order valence-corrected chi connectivity index (χ3v) is 2.67. The molecule has 0 amide bonds. The molecule has 0 aromatic carbocycles. The van der Waals surface area contributed by atoms with E-state index in [9.17, 15) is 0 Å². The zero-order valence-electron chi connectivity index (χ0n) is 9.18. The summed E-state index contributed by atoms with van der Waals surface area (Å²) in [5.74, 6) is 0. The summed E-state index contributed by atoms with van der Waals surface area (Å²) in [5, 5.41) is 13.0. The van der Waals surface area contributed by atoms with E-state index in [0.29, 0.717) is 11.1 Å². The van der Waals surface area contributed by atoms with Crippen LogP contribution in [-0.4, -0.2) is 19.7 Å². The van der Waals surface area contributed by atoms with Crippen LogP contribution in [0.2, 0.25) is 0 Å². The average molecular weight is 223 g/mol. The third-order valence-electron chi connectivity index (χ3n) is 2.67. The van der Waals surface area contributed by atoms with Crippen molar-refractivity contribution in [1.82, 2.24) is 19.7 Å². The SMILES string of the molecule is Cn1cc(-c2cnc3c(C#N)c[nH]c3c2)cn1. The molecule has 0 aliphatic rings. The van der Waals surface area contributed by atoms with Gasteiger partial charge < -0.3 is 4.98 Å². The van der Waals surface area contributed by atoms with Gasteiger partial charge in [0.2, 0.25) is 0 Å². The minimum Gasteiger partial charge on any atom is -0.359 e. The highest BCUT2D eigenvalue weighted by molar-refractivity contribution is 5.85. The van der Waals surface area contributed by atoms with Crippen molar-refractivity contribution in [3.05, 3.63) is 36.4 Å². The Morgan fingerprint density at radius 1 is 1.35 bits per heavy atom. The second-order valence-electron chi connectivity index (χ2n) is 3.84. The van der Waals surface area contributed by atoms with Gasteiger partial charge in [0, 0.05) is 36.8 Å². The summed E-state index contributed by atoms with van der Waals surface area (Å²) in [6.07, 6.45) is 7.15. The summed E-state index contributed by atoms with van der Waals surface area (Å²) in [5.41, 5.74) is 4.13. The number of hydrogen-bond donors (Lipinski definition) is 1. The zero-order valence-corrected chi connectivity index (χ0v) is 9.18. The van der Waals surface area contributed by atoms with Crippen molar-refractivity contribution in [2.45, 2.75) is 0 Å². The lowest BCUT2D eigenvalue weighted by Gasteiger charge is -1.96. The first kappa shape index (κ1) is 9.60. The standard InChI is InChI=1S/C12H9N5/c1-17-7-10(6-16-17)8-2-11-12(15-4-8)9(3-13)5-14-11/h2,4-7,14H,1H3. The van der Waals surface area contributed by atoms with Crippen molar-refractivity contribution in [3.8, 4) is 17.2 Å². The monoisotopic (exact) mass is 223 g/mol. The number of fused-ring (bicyclic) bond motifs is 1. The molecule has 0 saturated heterocycles. The van der Waals surface area contributed by atoms with Crippen LogP contribution in [0.4, 0.5) is 0 Å². The van der Waals surface area contributed by atoms with Crippen molar-refractivity contribution < 1.29 is 0 Å². The van der Waals surface area contributed by atoms with Crippen molar-refractivity contribution in [2.75, 3.05) is 0 Å². The first-order valence-corrected chi connectivity index (χ1v) is 5.14. The largest absolute Gasteiger partial charge is 0.359 e. The van der Waals surface area contributed by atoms with Gasteiger partial charge >= 0.3 is 0 Å². The fraction of sp³-hybridized carbons (Fsp3) is 0.0833. The number of nitrogens with zero attached hydrogens (tertiary/aromatic N) is 4. The van der Waals surface area contributed by atoms with Crippen molar-refractivity contribution >= 4 is 11.0 Å². The summed E-state index contributed by atoms with van der Waals surface area (Å²) in [6.45, 7) is 0. The van der Waals surface area contributed by atoms with E-state index < -0.39 is 0 Å². The van der Waals surface area contributed by atoms with Crippen LogP contribution in [0.15, 0.2) is 30.9 Å². The maximum absolute atomic E-state index is 8.89. The summed E-state index contributed by atoms with van der Waals surface area (Å²) < 4.78 is 1.74. The molecule has 3 rings (SSSR count). The number of rotatable bonds is 1. The molecular formula is C12H9N5. The van der Waals surface area contributed by atoms with Gasteiger partial charge in [-0.3, -0.25) is 9.67 Å². The van der Waals surface area contributed by atoms with Gasteiger partial charge in [0.1, 0.15) is 11.6 Å². The molecule has 82 valence electrons. The Morgan fingerprint density at radius 3 is 2.94 bits per heavy atom. The van der Waals surface area contributed by atoms with E-state index in [1.807, 2.05) is 19.3 Å². The predicted molar refractivity (Wildman–Crippen MR) is 63.0 cm³/mol. The Kier molecular flexibility index (Phi) is 1.95. The molecule has 0 aliphatic heterocycles. The topological polar surface area (TPSA) is 70.3 Å². The van der Waals surface area contributed by atoms with Crippen molar-refractivity contribution in [1.29, 1.82) is 5.26 Å². The molecule has 0 bridgehead atoms. The average Bonchev–Trinajstić information content (AvgIpc) is 2.94. The van der Waals surface area contributed by atoms with Crippen molar-refractivity contribution in [2.24, 2.45) is 7.05 Å². The van der Waals surface area contributed by atoms with Gasteiger partial charge in [0.05, 0.1) is 17.3 Å². The number of pyridine rings is 1. The molecule has 5 nitrogen and oxygen atoms in total. The van der Waals surface area contributed by atoms with E-state index >= 15 is 0 Å². The predicted octanol–water partition coefficient (Wildman–Crippen LogP) is 1.84. The van der Waals surface area contributed by atoms with Crippen LogP contribution in [0.3, 0.4) is 0 Å². The molecule has 0 aliphatic carbocycles. The number of aromatic nitrogens is 4. The molecule has 5 heteroatoms. The van der Waals surface area contributed by atoms with Gasteiger partial charge in [-0.1, -0.05) is 0 Å². The van der Waals surface area contributed by atoms with E-state index in [0.717, 1.165) is 16.6 Å². The van der Waals surface area contributed by atoms with E-state index in [1.54, 1.807) is 23.3 Å². The summed E-state index contributed by atoms with van der Waals surface area (Å²) in [7, 11) is 1.87.